The first-order valence-corrected chi connectivity index (χ1v) is 3.78. The standard InChI is InChI=1S/C9H14.Mn/c1-2-3-6-9-7-4-5-8-9;/h4-5,7H,2-3,6,8H2,1H3;. The van der Waals surface area contributed by atoms with E-state index < -0.39 is 0 Å². The number of hydrogen-bond donors (Lipinski definition) is 0. The van der Waals surface area contributed by atoms with Crippen molar-refractivity contribution >= 4 is 0 Å². The molecule has 0 atom stereocenters. The number of hydrogen-bond acceptors (Lipinski definition) is 0. The third kappa shape index (κ3) is 3.24. The van der Waals surface area contributed by atoms with Crippen molar-refractivity contribution in [3.63, 3.8) is 0 Å². The third-order valence-electron chi connectivity index (χ3n) is 1.70. The molecule has 57 valence electrons. The first-order valence-electron chi connectivity index (χ1n) is 3.78. The van der Waals surface area contributed by atoms with Gasteiger partial charge in [-0.3, -0.25) is 0 Å². The summed E-state index contributed by atoms with van der Waals surface area (Å²) in [4.78, 5) is 0. The van der Waals surface area contributed by atoms with Crippen molar-refractivity contribution in [1.82, 2.24) is 0 Å². The number of rotatable bonds is 3. The zero-order valence-corrected chi connectivity index (χ0v) is 7.62. The maximum absolute atomic E-state index is 2.25. The van der Waals surface area contributed by atoms with Crippen LogP contribution in [0.15, 0.2) is 23.8 Å². The van der Waals surface area contributed by atoms with Crippen molar-refractivity contribution < 1.29 is 17.1 Å². The molecule has 0 N–H and O–H groups in total. The molecule has 0 saturated carbocycles. The largest absolute Gasteiger partial charge is 0.0805 e. The molecule has 0 fully saturated rings. The van der Waals surface area contributed by atoms with Gasteiger partial charge in [-0.05, 0) is 19.3 Å². The van der Waals surface area contributed by atoms with Gasteiger partial charge in [0.1, 0.15) is 0 Å². The molecule has 0 aromatic heterocycles. The SMILES string of the molecule is CCCCC1=CC=CC1.[Mn]. The third-order valence-corrected chi connectivity index (χ3v) is 1.70. The fourth-order valence-electron chi connectivity index (χ4n) is 1.08. The van der Waals surface area contributed by atoms with Gasteiger partial charge in [-0.2, -0.15) is 0 Å². The molecule has 0 aromatic rings. The van der Waals surface area contributed by atoms with Crippen LogP contribution in [0.5, 0.6) is 0 Å². The van der Waals surface area contributed by atoms with Gasteiger partial charge in [0.05, 0.1) is 0 Å². The van der Waals surface area contributed by atoms with Crippen LogP contribution >= 0.6 is 0 Å². The molecule has 0 saturated heterocycles. The molecule has 0 aromatic carbocycles. The molecule has 0 heterocycles. The molecule has 1 radical (unpaired) electrons. The zero-order valence-electron chi connectivity index (χ0n) is 6.44. The molecule has 0 bridgehead atoms. The first kappa shape index (κ1) is 10.00. The number of allylic oxidation sites excluding steroid dienone is 4. The van der Waals surface area contributed by atoms with E-state index in [1.807, 2.05) is 0 Å². The van der Waals surface area contributed by atoms with Gasteiger partial charge in [-0.1, -0.05) is 37.1 Å². The fourth-order valence-corrected chi connectivity index (χ4v) is 1.08. The maximum atomic E-state index is 2.25. The van der Waals surface area contributed by atoms with Crippen LogP contribution in [0.3, 0.4) is 0 Å². The van der Waals surface area contributed by atoms with Crippen LogP contribution in [-0.2, 0) is 17.1 Å². The van der Waals surface area contributed by atoms with Gasteiger partial charge in [-0.15, -0.1) is 0 Å². The molecule has 0 spiro atoms. The van der Waals surface area contributed by atoms with E-state index in [4.69, 9.17) is 0 Å². The topological polar surface area (TPSA) is 0 Å². The van der Waals surface area contributed by atoms with Crippen LogP contribution < -0.4 is 0 Å². The predicted molar refractivity (Wildman–Crippen MR) is 41.4 cm³/mol. The second-order valence-corrected chi connectivity index (χ2v) is 2.56. The Balaban J connectivity index is 0.000000810. The normalized spacial score (nSPS) is 14.7. The molecule has 0 amide bonds. The molecular formula is C9H14Mn. The van der Waals surface area contributed by atoms with Crippen LogP contribution in [-0.4, -0.2) is 0 Å². The minimum Gasteiger partial charge on any atom is -0.0805 e. The Labute approximate surface area is 73.9 Å². The van der Waals surface area contributed by atoms with Gasteiger partial charge in [0.15, 0.2) is 0 Å². The Morgan fingerprint density at radius 2 is 2.30 bits per heavy atom. The molecular weight excluding hydrogens is 163 g/mol. The van der Waals surface area contributed by atoms with Crippen LogP contribution in [0.4, 0.5) is 0 Å². The molecule has 1 heteroatoms. The first-order chi connectivity index (χ1) is 4.43. The Morgan fingerprint density at radius 1 is 1.50 bits per heavy atom. The van der Waals surface area contributed by atoms with E-state index in [-0.39, 0.29) is 17.1 Å². The van der Waals surface area contributed by atoms with E-state index in [1.165, 1.54) is 25.7 Å². The smallest absolute Gasteiger partial charge is 0 e. The summed E-state index contributed by atoms with van der Waals surface area (Å²) >= 11 is 0. The van der Waals surface area contributed by atoms with Crippen LogP contribution in [0.2, 0.25) is 0 Å². The average Bonchev–Trinajstić information content (AvgIpc) is 2.34. The van der Waals surface area contributed by atoms with Gasteiger partial charge in [0, 0.05) is 17.1 Å². The molecule has 0 aliphatic heterocycles. The molecule has 1 rings (SSSR count). The summed E-state index contributed by atoms with van der Waals surface area (Å²) < 4.78 is 0. The summed E-state index contributed by atoms with van der Waals surface area (Å²) in [6, 6.07) is 0. The maximum Gasteiger partial charge on any atom is 0 e. The summed E-state index contributed by atoms with van der Waals surface area (Å²) in [6.07, 6.45) is 11.8. The Kier molecular flexibility index (Phi) is 5.76. The van der Waals surface area contributed by atoms with Crippen LogP contribution in [0.1, 0.15) is 32.6 Å². The van der Waals surface area contributed by atoms with Crippen molar-refractivity contribution in [3.8, 4) is 0 Å². The van der Waals surface area contributed by atoms with E-state index >= 15 is 0 Å². The van der Waals surface area contributed by atoms with Crippen LogP contribution in [0, 0.1) is 0 Å². The summed E-state index contributed by atoms with van der Waals surface area (Å²) in [5, 5.41) is 0. The minimum atomic E-state index is 0. The van der Waals surface area contributed by atoms with E-state index in [2.05, 4.69) is 25.2 Å². The fraction of sp³-hybridized carbons (Fsp3) is 0.556. The van der Waals surface area contributed by atoms with Crippen molar-refractivity contribution in [2.75, 3.05) is 0 Å². The average molecular weight is 177 g/mol. The summed E-state index contributed by atoms with van der Waals surface area (Å²) in [7, 11) is 0. The Morgan fingerprint density at radius 3 is 2.80 bits per heavy atom. The summed E-state index contributed by atoms with van der Waals surface area (Å²) in [5.41, 5.74) is 1.61. The zero-order chi connectivity index (χ0) is 6.53. The second-order valence-electron chi connectivity index (χ2n) is 2.56. The molecule has 1 aliphatic rings. The van der Waals surface area contributed by atoms with Crippen molar-refractivity contribution in [2.45, 2.75) is 32.6 Å². The van der Waals surface area contributed by atoms with Gasteiger partial charge in [0.25, 0.3) is 0 Å². The molecule has 10 heavy (non-hydrogen) atoms. The quantitative estimate of drug-likeness (QED) is 0.581. The van der Waals surface area contributed by atoms with E-state index in [9.17, 15) is 0 Å². The summed E-state index contributed by atoms with van der Waals surface area (Å²) in [6.45, 7) is 2.24. The van der Waals surface area contributed by atoms with Gasteiger partial charge >= 0.3 is 0 Å². The number of unbranched alkanes of at least 4 members (excludes halogenated alkanes) is 1. The Bertz CT molecular complexity index is 134. The molecule has 1 aliphatic carbocycles. The summed E-state index contributed by atoms with van der Waals surface area (Å²) in [5.74, 6) is 0. The van der Waals surface area contributed by atoms with E-state index in [1.54, 1.807) is 5.57 Å². The monoisotopic (exact) mass is 177 g/mol. The van der Waals surface area contributed by atoms with Crippen molar-refractivity contribution in [2.24, 2.45) is 0 Å². The van der Waals surface area contributed by atoms with Crippen molar-refractivity contribution in [1.29, 1.82) is 0 Å². The Hall–Kier alpha value is -0.000519. The minimum absolute atomic E-state index is 0. The van der Waals surface area contributed by atoms with Gasteiger partial charge < -0.3 is 0 Å². The van der Waals surface area contributed by atoms with E-state index in [0.29, 0.717) is 0 Å². The second kappa shape index (κ2) is 5.76. The van der Waals surface area contributed by atoms with Gasteiger partial charge in [0.2, 0.25) is 0 Å². The van der Waals surface area contributed by atoms with Crippen molar-refractivity contribution in [3.05, 3.63) is 23.8 Å². The van der Waals surface area contributed by atoms with E-state index in [0.717, 1.165) is 0 Å². The van der Waals surface area contributed by atoms with Gasteiger partial charge in [-0.25, -0.2) is 0 Å². The molecule has 0 nitrogen and oxygen atoms in total. The molecule has 0 unspecified atom stereocenters. The van der Waals surface area contributed by atoms with Crippen LogP contribution in [0.25, 0.3) is 0 Å². The predicted octanol–water partition coefficient (Wildman–Crippen LogP) is 3.06.